The lowest BCUT2D eigenvalue weighted by molar-refractivity contribution is -0.376. The summed E-state index contributed by atoms with van der Waals surface area (Å²) in [5, 5.41) is 22.7. The molecule has 7 nitrogen and oxygen atoms in total. The third-order valence-corrected chi connectivity index (χ3v) is 10.9. The highest BCUT2D eigenvalue weighted by atomic mass is 32.2. The van der Waals surface area contributed by atoms with E-state index in [1.807, 2.05) is 0 Å². The second-order valence-electron chi connectivity index (χ2n) is 11.5. The van der Waals surface area contributed by atoms with Crippen molar-refractivity contribution in [3.63, 3.8) is 0 Å². The van der Waals surface area contributed by atoms with E-state index in [0.29, 0.717) is 12.1 Å². The van der Waals surface area contributed by atoms with Gasteiger partial charge in [-0.05, 0) is 79.8 Å². The molecule has 2 aliphatic carbocycles. The van der Waals surface area contributed by atoms with Gasteiger partial charge in [0, 0.05) is 30.6 Å². The summed E-state index contributed by atoms with van der Waals surface area (Å²) in [7, 11) is -4.60. The van der Waals surface area contributed by atoms with E-state index in [0.717, 1.165) is 53.9 Å². The van der Waals surface area contributed by atoms with Gasteiger partial charge in [0.05, 0.1) is 16.6 Å². The standard InChI is InChI=1S/C28H29F7N2O5S/c29-19-5-8-21(9-6-19)43(41,42)37-20(13-24(39)36-25-17-2-1-15(11-17)22(25)14-38)7-3-16-12-18(4-10-23(16)37)26(40,27(30,31)32)28(33,34)35/h4-6,8-10,12,15,17,20,22,25,38,40H,1-3,7,11,13-14H2,(H,36,39)/t15?,17?,20-,22-,25+/m0/s1. The van der Waals surface area contributed by atoms with Gasteiger partial charge < -0.3 is 15.5 Å². The molecular formula is C28H29F7N2O5S. The van der Waals surface area contributed by atoms with Gasteiger partial charge in [-0.2, -0.15) is 26.3 Å². The van der Waals surface area contributed by atoms with E-state index in [1.54, 1.807) is 0 Å². The van der Waals surface area contributed by atoms with Crippen LogP contribution in [0.3, 0.4) is 0 Å². The molecule has 2 aromatic carbocycles. The number of aliphatic hydroxyl groups excluding tert-OH is 1. The fourth-order valence-corrected chi connectivity index (χ4v) is 8.65. The van der Waals surface area contributed by atoms with Gasteiger partial charge in [0.15, 0.2) is 0 Å². The molecule has 0 saturated heterocycles. The molecule has 2 bridgehead atoms. The molecular weight excluding hydrogens is 609 g/mol. The molecule has 2 aromatic rings. The first-order chi connectivity index (χ1) is 20.0. The fraction of sp³-hybridized carbons (Fsp3) is 0.536. The number of carbonyl (C=O) groups excluding carboxylic acids is 1. The van der Waals surface area contributed by atoms with Gasteiger partial charge in [0.25, 0.3) is 15.6 Å². The summed E-state index contributed by atoms with van der Waals surface area (Å²) in [6, 6.07) is 3.84. The van der Waals surface area contributed by atoms with Crippen LogP contribution < -0.4 is 9.62 Å². The number of sulfonamides is 1. The van der Waals surface area contributed by atoms with Gasteiger partial charge >= 0.3 is 12.4 Å². The largest absolute Gasteiger partial charge is 0.430 e. The van der Waals surface area contributed by atoms with Crippen LogP contribution >= 0.6 is 0 Å². The smallest absolute Gasteiger partial charge is 0.396 e. The number of anilines is 1. The number of alkyl halides is 6. The minimum Gasteiger partial charge on any atom is -0.396 e. The predicted octanol–water partition coefficient (Wildman–Crippen LogP) is 4.56. The number of amides is 1. The van der Waals surface area contributed by atoms with Gasteiger partial charge in [-0.3, -0.25) is 9.10 Å². The number of fused-ring (bicyclic) bond motifs is 3. The normalized spacial score (nSPS) is 26.0. The Morgan fingerprint density at radius 3 is 2.19 bits per heavy atom. The first kappa shape index (κ1) is 31.5. The summed E-state index contributed by atoms with van der Waals surface area (Å²) in [6.07, 6.45) is -10.4. The summed E-state index contributed by atoms with van der Waals surface area (Å²) in [4.78, 5) is 12.8. The number of nitrogens with one attached hydrogen (secondary N) is 1. The number of hydrogen-bond acceptors (Lipinski definition) is 5. The molecule has 0 radical (unpaired) electrons. The predicted molar refractivity (Wildman–Crippen MR) is 139 cm³/mol. The Kier molecular flexibility index (Phi) is 8.00. The van der Waals surface area contributed by atoms with E-state index in [4.69, 9.17) is 0 Å². The van der Waals surface area contributed by atoms with Crippen molar-refractivity contribution in [1.82, 2.24) is 5.32 Å². The topological polar surface area (TPSA) is 107 Å². The van der Waals surface area contributed by atoms with Gasteiger partial charge in [-0.15, -0.1) is 0 Å². The minimum absolute atomic E-state index is 0.126. The van der Waals surface area contributed by atoms with E-state index in [1.165, 1.54) is 0 Å². The first-order valence-corrected chi connectivity index (χ1v) is 15.1. The number of hydrogen-bond donors (Lipinski definition) is 3. The number of aliphatic hydroxyl groups is 2. The van der Waals surface area contributed by atoms with Crippen LogP contribution in [0.5, 0.6) is 0 Å². The zero-order valence-corrected chi connectivity index (χ0v) is 23.3. The average Bonchev–Trinajstić information content (AvgIpc) is 3.53. The number of nitrogens with zero attached hydrogens (tertiary/aromatic N) is 1. The molecule has 3 aliphatic rings. The molecule has 0 aromatic heterocycles. The number of rotatable bonds is 7. The van der Waals surface area contributed by atoms with Crippen molar-refractivity contribution in [3.8, 4) is 0 Å². The maximum atomic E-state index is 13.8. The highest BCUT2D eigenvalue weighted by Gasteiger charge is 2.71. The van der Waals surface area contributed by atoms with Crippen LogP contribution in [0.4, 0.5) is 36.4 Å². The Morgan fingerprint density at radius 2 is 1.58 bits per heavy atom. The van der Waals surface area contributed by atoms with Gasteiger partial charge in [0.2, 0.25) is 5.91 Å². The van der Waals surface area contributed by atoms with E-state index < -0.39 is 56.2 Å². The number of carbonyl (C=O) groups is 1. The third kappa shape index (κ3) is 5.37. The molecule has 43 heavy (non-hydrogen) atoms. The van der Waals surface area contributed by atoms with Crippen molar-refractivity contribution in [2.24, 2.45) is 17.8 Å². The Labute approximate surface area is 242 Å². The highest BCUT2D eigenvalue weighted by Crippen LogP contribution is 2.51. The molecule has 1 amide bonds. The maximum absolute atomic E-state index is 13.8. The Morgan fingerprint density at radius 1 is 0.953 bits per heavy atom. The van der Waals surface area contributed by atoms with Crippen molar-refractivity contribution < 1.29 is 54.2 Å². The molecule has 15 heteroatoms. The summed E-state index contributed by atoms with van der Waals surface area (Å²) < 4.78 is 123. The van der Waals surface area contributed by atoms with Crippen molar-refractivity contribution in [1.29, 1.82) is 0 Å². The molecule has 2 fully saturated rings. The zero-order valence-electron chi connectivity index (χ0n) is 22.5. The Bertz CT molecular complexity index is 1470. The fourth-order valence-electron chi connectivity index (χ4n) is 6.94. The number of halogens is 7. The van der Waals surface area contributed by atoms with E-state index >= 15 is 0 Å². The van der Waals surface area contributed by atoms with Crippen LogP contribution in [0.15, 0.2) is 47.4 Å². The van der Waals surface area contributed by atoms with Crippen molar-refractivity contribution in [3.05, 3.63) is 59.4 Å². The SMILES string of the molecule is O=C(C[C@@H]1CCc2cc(C(O)(C(F)(F)F)C(F)(F)F)ccc2N1S(=O)(=O)c1ccc(F)cc1)N[C@@H]1C2CCC(C2)[C@@H]1CO. The van der Waals surface area contributed by atoms with E-state index in [9.17, 15) is 54.2 Å². The molecule has 1 aliphatic heterocycles. The summed E-state index contributed by atoms with van der Waals surface area (Å²) >= 11 is 0. The molecule has 2 unspecified atom stereocenters. The molecule has 0 spiro atoms. The molecule has 5 rings (SSSR count). The monoisotopic (exact) mass is 638 g/mol. The van der Waals surface area contributed by atoms with Gasteiger partial charge in [0.1, 0.15) is 5.82 Å². The molecule has 1 heterocycles. The van der Waals surface area contributed by atoms with E-state index in [-0.39, 0.29) is 60.9 Å². The summed E-state index contributed by atoms with van der Waals surface area (Å²) in [5.74, 6) is -0.992. The van der Waals surface area contributed by atoms with Crippen molar-refractivity contribution in [2.45, 2.75) is 73.5 Å². The Balaban J connectivity index is 1.52. The van der Waals surface area contributed by atoms with Crippen LogP contribution in [0, 0.1) is 23.6 Å². The minimum atomic E-state index is -6.14. The first-order valence-electron chi connectivity index (χ1n) is 13.7. The highest BCUT2D eigenvalue weighted by molar-refractivity contribution is 7.92. The Hall–Kier alpha value is -2.91. The lowest BCUT2D eigenvalue weighted by Gasteiger charge is -2.39. The van der Waals surface area contributed by atoms with E-state index in [2.05, 4.69) is 5.32 Å². The maximum Gasteiger partial charge on any atom is 0.430 e. The molecule has 236 valence electrons. The molecule has 3 N–H and O–H groups in total. The van der Waals surface area contributed by atoms with Crippen molar-refractivity contribution in [2.75, 3.05) is 10.9 Å². The summed E-state index contributed by atoms with van der Waals surface area (Å²) in [5.41, 5.74) is -7.24. The lowest BCUT2D eigenvalue weighted by atomic mass is 9.84. The number of benzene rings is 2. The molecule has 5 atom stereocenters. The van der Waals surface area contributed by atoms with Crippen LogP contribution in [0.2, 0.25) is 0 Å². The quantitative estimate of drug-likeness (QED) is 0.386. The van der Waals surface area contributed by atoms with Crippen LogP contribution in [-0.2, 0) is 26.8 Å². The summed E-state index contributed by atoms with van der Waals surface area (Å²) in [6.45, 7) is -0.126. The van der Waals surface area contributed by atoms with Crippen LogP contribution in [-0.4, -0.2) is 55.6 Å². The van der Waals surface area contributed by atoms with Crippen LogP contribution in [0.1, 0.15) is 43.2 Å². The van der Waals surface area contributed by atoms with Crippen molar-refractivity contribution >= 4 is 21.6 Å². The third-order valence-electron chi connectivity index (χ3n) is 9.05. The second kappa shape index (κ2) is 10.9. The lowest BCUT2D eigenvalue weighted by Crippen LogP contribution is -2.54. The number of aryl methyl sites for hydroxylation is 1. The van der Waals surface area contributed by atoms with Gasteiger partial charge in [-0.1, -0.05) is 12.1 Å². The van der Waals surface area contributed by atoms with Gasteiger partial charge in [-0.25, -0.2) is 12.8 Å². The van der Waals surface area contributed by atoms with Crippen LogP contribution in [0.25, 0.3) is 0 Å². The average molecular weight is 639 g/mol. The molecule has 2 saturated carbocycles. The second-order valence-corrected chi connectivity index (χ2v) is 13.3. The zero-order chi connectivity index (χ0) is 31.5.